The third-order valence-electron chi connectivity index (χ3n) is 4.04. The highest BCUT2D eigenvalue weighted by molar-refractivity contribution is 5.90. The van der Waals surface area contributed by atoms with Crippen molar-refractivity contribution >= 4 is 11.8 Å². The largest absolute Gasteiger partial charge is 0.491 e. The summed E-state index contributed by atoms with van der Waals surface area (Å²) < 4.78 is 43.9. The van der Waals surface area contributed by atoms with Gasteiger partial charge in [-0.3, -0.25) is 0 Å². The van der Waals surface area contributed by atoms with Gasteiger partial charge in [0.05, 0.1) is 12.7 Å². The molecule has 0 saturated heterocycles. The molecule has 0 amide bonds. The third-order valence-corrected chi connectivity index (χ3v) is 4.04. The van der Waals surface area contributed by atoms with Gasteiger partial charge in [0.25, 0.3) is 0 Å². The van der Waals surface area contributed by atoms with Crippen LogP contribution in [0.3, 0.4) is 0 Å². The molecule has 3 rings (SSSR count). The molecule has 2 heterocycles. The fourth-order valence-corrected chi connectivity index (χ4v) is 2.84. The fourth-order valence-electron chi connectivity index (χ4n) is 2.84. The minimum absolute atomic E-state index is 0.00886. The molecule has 1 aromatic heterocycles. The monoisotopic (exact) mass is 353 g/mol. The molecule has 0 spiro atoms. The number of alkyl halides is 3. The van der Waals surface area contributed by atoms with Crippen molar-refractivity contribution < 1.29 is 27.8 Å². The Morgan fingerprint density at radius 1 is 1.28 bits per heavy atom. The number of benzene rings is 1. The summed E-state index contributed by atoms with van der Waals surface area (Å²) in [6, 6.07) is 3.67. The average Bonchev–Trinajstić information content (AvgIpc) is 2.59. The lowest BCUT2D eigenvalue weighted by Crippen LogP contribution is -2.32. The zero-order chi connectivity index (χ0) is 18.2. The Morgan fingerprint density at radius 2 is 2.04 bits per heavy atom. The maximum absolute atomic E-state index is 12.9. The maximum atomic E-state index is 12.9. The van der Waals surface area contributed by atoms with Gasteiger partial charge in [-0.15, -0.1) is 0 Å². The Labute approximate surface area is 140 Å². The number of aromatic nitrogens is 2. The van der Waals surface area contributed by atoms with Crippen LogP contribution in [0.4, 0.5) is 19.0 Å². The number of carboxylic acids is 1. The predicted octanol–water partition coefficient (Wildman–Crippen LogP) is 2.76. The van der Waals surface area contributed by atoms with Crippen LogP contribution in [0.15, 0.2) is 24.5 Å². The molecule has 0 radical (unpaired) electrons. The van der Waals surface area contributed by atoms with Crippen LogP contribution >= 0.6 is 0 Å². The van der Waals surface area contributed by atoms with Crippen LogP contribution in [0.2, 0.25) is 0 Å². The number of methoxy groups -OCH3 is 1. The Bertz CT molecular complexity index is 824. The summed E-state index contributed by atoms with van der Waals surface area (Å²) in [6.45, 7) is 0.649. The van der Waals surface area contributed by atoms with Crippen LogP contribution in [-0.4, -0.2) is 34.7 Å². The minimum Gasteiger partial charge on any atom is -0.491 e. The van der Waals surface area contributed by atoms with E-state index in [0.717, 1.165) is 24.0 Å². The zero-order valence-corrected chi connectivity index (χ0v) is 13.2. The maximum Gasteiger partial charge on any atom is 0.416 e. The number of rotatable bonds is 3. The van der Waals surface area contributed by atoms with E-state index in [1.165, 1.54) is 13.2 Å². The summed E-state index contributed by atoms with van der Waals surface area (Å²) in [4.78, 5) is 20.7. The summed E-state index contributed by atoms with van der Waals surface area (Å²) in [5, 5.41) is 9.19. The summed E-state index contributed by atoms with van der Waals surface area (Å²) in [5.41, 5.74) is 0.352. The average molecular weight is 353 g/mol. The van der Waals surface area contributed by atoms with Crippen molar-refractivity contribution in [3.63, 3.8) is 0 Å². The van der Waals surface area contributed by atoms with Gasteiger partial charge in [0.15, 0.2) is 17.3 Å². The van der Waals surface area contributed by atoms with Gasteiger partial charge in [0, 0.05) is 13.1 Å². The Hall–Kier alpha value is -2.84. The third kappa shape index (κ3) is 3.21. The number of ether oxygens (including phenoxy) is 1. The van der Waals surface area contributed by atoms with Crippen LogP contribution in [0.5, 0.6) is 5.75 Å². The summed E-state index contributed by atoms with van der Waals surface area (Å²) in [6.07, 6.45) is -2.80. The zero-order valence-electron chi connectivity index (χ0n) is 13.2. The predicted molar refractivity (Wildman–Crippen MR) is 81.7 cm³/mol. The van der Waals surface area contributed by atoms with Gasteiger partial charge in [0.1, 0.15) is 6.33 Å². The van der Waals surface area contributed by atoms with E-state index < -0.39 is 17.7 Å². The molecule has 0 saturated carbocycles. The van der Waals surface area contributed by atoms with E-state index in [9.17, 15) is 23.1 Å². The van der Waals surface area contributed by atoms with Crippen LogP contribution in [0.1, 0.15) is 27.2 Å². The van der Waals surface area contributed by atoms with Crippen molar-refractivity contribution in [1.82, 2.24) is 9.97 Å². The standard InChI is InChI=1S/C16H14F3N3O3/c1-25-13-12(15(23)24)20-8-21-14(13)22-5-4-9-2-3-11(16(17,18)19)6-10(9)7-22/h2-3,6,8H,4-5,7H2,1H3,(H,23,24). The second-order valence-electron chi connectivity index (χ2n) is 5.54. The minimum atomic E-state index is -4.42. The number of carboxylic acid groups (broad SMARTS) is 1. The van der Waals surface area contributed by atoms with Gasteiger partial charge in [-0.1, -0.05) is 6.07 Å². The van der Waals surface area contributed by atoms with Crippen LogP contribution in [0.25, 0.3) is 0 Å². The van der Waals surface area contributed by atoms with E-state index in [-0.39, 0.29) is 23.8 Å². The van der Waals surface area contributed by atoms with Gasteiger partial charge in [-0.2, -0.15) is 13.2 Å². The fraction of sp³-hybridized carbons (Fsp3) is 0.312. The van der Waals surface area contributed by atoms with Crippen molar-refractivity contribution in [3.05, 3.63) is 46.9 Å². The molecule has 1 aromatic carbocycles. The second kappa shape index (κ2) is 6.23. The first-order valence-corrected chi connectivity index (χ1v) is 7.37. The molecule has 1 aliphatic heterocycles. The molecular formula is C16H14F3N3O3. The number of anilines is 1. The lowest BCUT2D eigenvalue weighted by atomic mass is 9.97. The Morgan fingerprint density at radius 3 is 2.68 bits per heavy atom. The topological polar surface area (TPSA) is 75.5 Å². The Kier molecular flexibility index (Phi) is 4.23. The van der Waals surface area contributed by atoms with Crippen molar-refractivity contribution in [2.75, 3.05) is 18.6 Å². The van der Waals surface area contributed by atoms with Gasteiger partial charge in [0.2, 0.25) is 0 Å². The van der Waals surface area contributed by atoms with Crippen LogP contribution < -0.4 is 9.64 Å². The molecule has 0 aliphatic carbocycles. The molecule has 2 aromatic rings. The molecule has 1 aliphatic rings. The molecule has 9 heteroatoms. The van der Waals surface area contributed by atoms with Crippen molar-refractivity contribution in [3.8, 4) is 5.75 Å². The summed E-state index contributed by atoms with van der Waals surface area (Å²) >= 11 is 0. The first-order chi connectivity index (χ1) is 11.8. The van der Waals surface area contributed by atoms with E-state index in [2.05, 4.69) is 9.97 Å². The van der Waals surface area contributed by atoms with E-state index in [4.69, 9.17) is 4.74 Å². The van der Waals surface area contributed by atoms with Gasteiger partial charge in [-0.25, -0.2) is 14.8 Å². The smallest absolute Gasteiger partial charge is 0.416 e. The van der Waals surface area contributed by atoms with E-state index in [1.54, 1.807) is 4.90 Å². The number of halogens is 3. The molecule has 25 heavy (non-hydrogen) atoms. The SMILES string of the molecule is COc1c(C(=O)O)ncnc1N1CCc2ccc(C(F)(F)F)cc2C1. The normalized spacial score (nSPS) is 14.2. The number of carbonyl (C=O) groups is 1. The molecule has 0 unspecified atom stereocenters. The highest BCUT2D eigenvalue weighted by Gasteiger charge is 2.32. The van der Waals surface area contributed by atoms with Crippen molar-refractivity contribution in [1.29, 1.82) is 0 Å². The molecule has 0 atom stereocenters. The second-order valence-corrected chi connectivity index (χ2v) is 5.54. The van der Waals surface area contributed by atoms with E-state index in [0.29, 0.717) is 18.5 Å². The number of hydrogen-bond acceptors (Lipinski definition) is 5. The van der Waals surface area contributed by atoms with Crippen LogP contribution in [-0.2, 0) is 19.1 Å². The number of nitrogens with zero attached hydrogens (tertiary/aromatic N) is 3. The van der Waals surface area contributed by atoms with E-state index >= 15 is 0 Å². The first kappa shape index (κ1) is 17.0. The Balaban J connectivity index is 1.98. The molecule has 0 bridgehead atoms. The first-order valence-electron chi connectivity index (χ1n) is 7.37. The summed E-state index contributed by atoms with van der Waals surface area (Å²) in [7, 11) is 1.30. The summed E-state index contributed by atoms with van der Waals surface area (Å²) in [5.74, 6) is -1.03. The molecular weight excluding hydrogens is 339 g/mol. The van der Waals surface area contributed by atoms with Crippen molar-refractivity contribution in [2.24, 2.45) is 0 Å². The molecule has 6 nitrogen and oxygen atoms in total. The van der Waals surface area contributed by atoms with E-state index in [1.807, 2.05) is 0 Å². The van der Waals surface area contributed by atoms with Gasteiger partial charge in [-0.05, 0) is 29.7 Å². The highest BCUT2D eigenvalue weighted by Crippen LogP contribution is 2.35. The molecule has 0 fully saturated rings. The number of aromatic carboxylic acids is 1. The highest BCUT2D eigenvalue weighted by atomic mass is 19.4. The number of hydrogen-bond donors (Lipinski definition) is 1. The van der Waals surface area contributed by atoms with Gasteiger partial charge < -0.3 is 14.7 Å². The lowest BCUT2D eigenvalue weighted by molar-refractivity contribution is -0.137. The number of fused-ring (bicyclic) bond motifs is 1. The molecule has 1 N–H and O–H groups in total. The van der Waals surface area contributed by atoms with Crippen molar-refractivity contribution in [2.45, 2.75) is 19.1 Å². The van der Waals surface area contributed by atoms with Crippen LogP contribution in [0, 0.1) is 0 Å². The van der Waals surface area contributed by atoms with Gasteiger partial charge >= 0.3 is 12.1 Å². The molecule has 132 valence electrons. The quantitative estimate of drug-likeness (QED) is 0.915. The lowest BCUT2D eigenvalue weighted by Gasteiger charge is -2.31.